The molecule has 0 aromatic rings. The van der Waals surface area contributed by atoms with Crippen molar-refractivity contribution in [1.82, 2.24) is 5.32 Å². The molecule has 2 aliphatic rings. The van der Waals surface area contributed by atoms with Gasteiger partial charge >= 0.3 is 0 Å². The van der Waals surface area contributed by atoms with E-state index >= 15 is 0 Å². The molecule has 104 valence electrons. The van der Waals surface area contributed by atoms with Crippen LogP contribution in [0.4, 0.5) is 0 Å². The number of carbonyl (C=O) groups is 1. The van der Waals surface area contributed by atoms with Gasteiger partial charge in [0.1, 0.15) is 0 Å². The molecule has 0 aromatic heterocycles. The molecule has 2 rings (SSSR count). The zero-order chi connectivity index (χ0) is 12.8. The summed E-state index contributed by atoms with van der Waals surface area (Å²) in [6.07, 6.45) is 9.71. The van der Waals surface area contributed by atoms with Crippen LogP contribution in [-0.2, 0) is 4.79 Å². The van der Waals surface area contributed by atoms with E-state index in [1.54, 1.807) is 0 Å². The number of hydrogen-bond acceptors (Lipinski definition) is 2. The molecule has 1 saturated carbocycles. The van der Waals surface area contributed by atoms with Crippen LogP contribution in [-0.4, -0.2) is 29.3 Å². The maximum atomic E-state index is 12.1. The molecule has 1 atom stereocenters. The van der Waals surface area contributed by atoms with Gasteiger partial charge < -0.3 is 5.32 Å². The minimum absolute atomic E-state index is 0.175. The van der Waals surface area contributed by atoms with Crippen molar-refractivity contribution in [1.29, 1.82) is 0 Å². The van der Waals surface area contributed by atoms with Gasteiger partial charge in [0.2, 0.25) is 5.91 Å². The van der Waals surface area contributed by atoms with Crippen LogP contribution in [0.25, 0.3) is 0 Å². The van der Waals surface area contributed by atoms with Gasteiger partial charge in [-0.2, -0.15) is 0 Å². The average Bonchev–Trinajstić information content (AvgIpc) is 2.47. The molecule has 1 heterocycles. The van der Waals surface area contributed by atoms with E-state index in [2.05, 4.69) is 5.32 Å². The maximum Gasteiger partial charge on any atom is 0.233 e. The zero-order valence-electron chi connectivity index (χ0n) is 11.0. The summed E-state index contributed by atoms with van der Waals surface area (Å²) in [6, 6.07) is 0. The Labute approximate surface area is 120 Å². The van der Waals surface area contributed by atoms with Gasteiger partial charge in [-0.25, -0.2) is 0 Å². The van der Waals surface area contributed by atoms with Crippen LogP contribution in [0.15, 0.2) is 0 Å². The summed E-state index contributed by atoms with van der Waals surface area (Å²) in [5.74, 6) is 2.07. The van der Waals surface area contributed by atoms with E-state index in [9.17, 15) is 4.79 Å². The minimum atomic E-state index is 0.175. The Balaban J connectivity index is 1.79. The van der Waals surface area contributed by atoms with Crippen molar-refractivity contribution >= 4 is 29.3 Å². The average molecular weight is 290 g/mol. The molecule has 18 heavy (non-hydrogen) atoms. The second-order valence-corrected chi connectivity index (χ2v) is 7.35. The van der Waals surface area contributed by atoms with Gasteiger partial charge in [0.15, 0.2) is 0 Å². The third-order valence-corrected chi connectivity index (χ3v) is 6.25. The molecule has 1 saturated heterocycles. The van der Waals surface area contributed by atoms with Crippen molar-refractivity contribution < 1.29 is 4.79 Å². The molecular weight excluding hydrogens is 266 g/mol. The lowest BCUT2D eigenvalue weighted by Gasteiger charge is -2.36. The third kappa shape index (κ3) is 3.80. The Morgan fingerprint density at radius 2 is 2.00 bits per heavy atom. The number of nitrogens with one attached hydrogen (secondary N) is 1. The summed E-state index contributed by atoms with van der Waals surface area (Å²) < 4.78 is 0. The molecule has 0 spiro atoms. The van der Waals surface area contributed by atoms with Gasteiger partial charge in [-0.1, -0.05) is 25.7 Å². The highest BCUT2D eigenvalue weighted by Crippen LogP contribution is 2.37. The third-order valence-electron chi connectivity index (χ3n) is 4.31. The fourth-order valence-corrected chi connectivity index (χ4v) is 4.58. The molecule has 2 nitrogen and oxygen atoms in total. The topological polar surface area (TPSA) is 29.1 Å². The number of halogens is 1. The summed E-state index contributed by atoms with van der Waals surface area (Å²) in [7, 11) is 0. The van der Waals surface area contributed by atoms with E-state index in [-0.39, 0.29) is 16.6 Å². The van der Waals surface area contributed by atoms with Crippen LogP contribution in [0.3, 0.4) is 0 Å². The first-order chi connectivity index (χ1) is 8.76. The van der Waals surface area contributed by atoms with E-state index in [1.807, 2.05) is 11.8 Å². The van der Waals surface area contributed by atoms with E-state index < -0.39 is 0 Å². The minimum Gasteiger partial charge on any atom is -0.355 e. The first kappa shape index (κ1) is 14.5. The first-order valence-electron chi connectivity index (χ1n) is 7.21. The Hall–Kier alpha value is 0.110. The molecule has 1 N–H and O–H groups in total. The van der Waals surface area contributed by atoms with Gasteiger partial charge in [0, 0.05) is 17.8 Å². The number of rotatable bonds is 4. The predicted octanol–water partition coefficient (Wildman–Crippen LogP) is 3.58. The summed E-state index contributed by atoms with van der Waals surface area (Å²) in [5.41, 5.74) is 0.175. The van der Waals surface area contributed by atoms with Crippen molar-refractivity contribution in [3.63, 3.8) is 0 Å². The SMILES string of the molecule is O=C(NCC1(CCl)CCCCC1)C1CCCCS1. The van der Waals surface area contributed by atoms with Crippen molar-refractivity contribution in [3.8, 4) is 0 Å². The zero-order valence-corrected chi connectivity index (χ0v) is 12.6. The van der Waals surface area contributed by atoms with Gasteiger partial charge in [0.25, 0.3) is 0 Å². The second-order valence-electron chi connectivity index (χ2n) is 5.77. The molecule has 1 aliphatic heterocycles. The smallest absolute Gasteiger partial charge is 0.233 e. The van der Waals surface area contributed by atoms with Crippen molar-refractivity contribution in [2.24, 2.45) is 5.41 Å². The molecule has 0 aromatic carbocycles. The highest BCUT2D eigenvalue weighted by molar-refractivity contribution is 8.00. The van der Waals surface area contributed by atoms with Crippen molar-refractivity contribution in [2.45, 2.75) is 56.6 Å². The van der Waals surface area contributed by atoms with E-state index in [1.165, 1.54) is 44.9 Å². The number of alkyl halides is 1. The molecule has 2 fully saturated rings. The van der Waals surface area contributed by atoms with Crippen LogP contribution in [0, 0.1) is 5.41 Å². The maximum absolute atomic E-state index is 12.1. The Bertz CT molecular complexity index is 273. The largest absolute Gasteiger partial charge is 0.355 e. The Morgan fingerprint density at radius 3 is 2.61 bits per heavy atom. The van der Waals surface area contributed by atoms with Crippen molar-refractivity contribution in [2.75, 3.05) is 18.2 Å². The van der Waals surface area contributed by atoms with Crippen LogP contribution < -0.4 is 5.32 Å². The Kier molecular flexibility index (Phi) is 5.68. The molecule has 0 bridgehead atoms. The number of amides is 1. The first-order valence-corrected chi connectivity index (χ1v) is 8.79. The molecule has 1 aliphatic carbocycles. The summed E-state index contributed by atoms with van der Waals surface area (Å²) in [4.78, 5) is 12.1. The Morgan fingerprint density at radius 1 is 1.22 bits per heavy atom. The lowest BCUT2D eigenvalue weighted by Crippen LogP contribution is -2.43. The van der Waals surface area contributed by atoms with Gasteiger partial charge in [-0.3, -0.25) is 4.79 Å². The lowest BCUT2D eigenvalue weighted by molar-refractivity contribution is -0.121. The molecule has 4 heteroatoms. The lowest BCUT2D eigenvalue weighted by atomic mass is 9.75. The summed E-state index contributed by atoms with van der Waals surface area (Å²) in [6.45, 7) is 0.784. The quantitative estimate of drug-likeness (QED) is 0.802. The van der Waals surface area contributed by atoms with Gasteiger partial charge in [-0.05, 0) is 31.4 Å². The second kappa shape index (κ2) is 7.04. The monoisotopic (exact) mass is 289 g/mol. The fourth-order valence-electron chi connectivity index (χ4n) is 3.00. The highest BCUT2D eigenvalue weighted by Gasteiger charge is 2.32. The van der Waals surface area contributed by atoms with Crippen molar-refractivity contribution in [3.05, 3.63) is 0 Å². The molecule has 0 radical (unpaired) electrons. The van der Waals surface area contributed by atoms with Crippen LogP contribution in [0.1, 0.15) is 51.4 Å². The summed E-state index contributed by atoms with van der Waals surface area (Å²) >= 11 is 7.97. The molecule has 1 unspecified atom stereocenters. The van der Waals surface area contributed by atoms with Gasteiger partial charge in [0.05, 0.1) is 5.25 Å². The van der Waals surface area contributed by atoms with E-state index in [0.29, 0.717) is 5.88 Å². The van der Waals surface area contributed by atoms with Crippen LogP contribution in [0.5, 0.6) is 0 Å². The number of carbonyl (C=O) groups excluding carboxylic acids is 1. The fraction of sp³-hybridized carbons (Fsp3) is 0.929. The summed E-state index contributed by atoms with van der Waals surface area (Å²) in [5, 5.41) is 3.36. The number of hydrogen-bond donors (Lipinski definition) is 1. The van der Waals surface area contributed by atoms with Crippen LogP contribution >= 0.6 is 23.4 Å². The van der Waals surface area contributed by atoms with E-state index in [0.717, 1.165) is 18.7 Å². The highest BCUT2D eigenvalue weighted by atomic mass is 35.5. The van der Waals surface area contributed by atoms with Crippen LogP contribution in [0.2, 0.25) is 0 Å². The number of thioether (sulfide) groups is 1. The molecular formula is C14H24ClNOS. The molecule has 1 amide bonds. The van der Waals surface area contributed by atoms with E-state index in [4.69, 9.17) is 11.6 Å². The normalized spacial score (nSPS) is 27.7. The van der Waals surface area contributed by atoms with Gasteiger partial charge in [-0.15, -0.1) is 23.4 Å². The predicted molar refractivity (Wildman–Crippen MR) is 79.3 cm³/mol. The standard InChI is InChI=1S/C14H24ClNOS/c15-10-14(7-3-1-4-8-14)11-16-13(17)12-6-2-5-9-18-12/h12H,1-11H2,(H,16,17).